The Kier molecular flexibility index (Phi) is 8.27. The van der Waals surface area contributed by atoms with E-state index < -0.39 is 16.7 Å². The summed E-state index contributed by atoms with van der Waals surface area (Å²) in [6.07, 6.45) is 8.57. The van der Waals surface area contributed by atoms with E-state index >= 15 is 0 Å². The number of benzene rings is 1. The lowest BCUT2D eigenvalue weighted by atomic mass is 9.43. The van der Waals surface area contributed by atoms with Crippen molar-refractivity contribution in [3.8, 4) is 5.75 Å². The van der Waals surface area contributed by atoms with E-state index in [0.717, 1.165) is 63.4 Å². The maximum Gasteiger partial charge on any atom is 0.514 e. The van der Waals surface area contributed by atoms with Crippen LogP contribution < -0.4 is 10.4 Å². The Balaban J connectivity index is 0.00000173. The number of carbonyl (C=O) groups is 1. The van der Waals surface area contributed by atoms with Crippen molar-refractivity contribution >= 4 is 11.8 Å². The number of rotatable bonds is 4. The van der Waals surface area contributed by atoms with Gasteiger partial charge in [0.2, 0.25) is 0 Å². The number of hydrogen-bond acceptors (Lipinski definition) is 8. The lowest BCUT2D eigenvalue weighted by Gasteiger charge is -2.63. The molecule has 2 aromatic rings. The first-order chi connectivity index (χ1) is 20.0. The summed E-state index contributed by atoms with van der Waals surface area (Å²) < 4.78 is 16.2. The van der Waals surface area contributed by atoms with Crippen molar-refractivity contribution in [3.05, 3.63) is 68.8 Å². The topological polar surface area (TPSA) is 129 Å². The van der Waals surface area contributed by atoms with Crippen LogP contribution in [0.4, 0.5) is 10.5 Å². The van der Waals surface area contributed by atoms with Gasteiger partial charge < -0.3 is 19.0 Å². The van der Waals surface area contributed by atoms with E-state index in [0.29, 0.717) is 11.8 Å². The van der Waals surface area contributed by atoms with Crippen molar-refractivity contribution in [2.45, 2.75) is 103 Å². The van der Waals surface area contributed by atoms with E-state index in [2.05, 4.69) is 13.8 Å². The molecule has 0 bridgehead atoms. The molecule has 8 atom stereocenters. The molecule has 9 heteroatoms. The van der Waals surface area contributed by atoms with Crippen LogP contribution in [0.25, 0.3) is 0 Å². The van der Waals surface area contributed by atoms with E-state index in [4.69, 9.17) is 13.9 Å². The quantitative estimate of drug-likeness (QED) is 0.171. The van der Waals surface area contributed by atoms with E-state index in [1.807, 2.05) is 19.9 Å². The zero-order chi connectivity index (χ0) is 30.3. The first kappa shape index (κ1) is 30.3. The predicted octanol–water partition coefficient (Wildman–Crippen LogP) is 7.40. The van der Waals surface area contributed by atoms with Gasteiger partial charge in [-0.15, -0.1) is 0 Å². The van der Waals surface area contributed by atoms with Gasteiger partial charge in [-0.2, -0.15) is 0 Å². The van der Waals surface area contributed by atoms with Crippen molar-refractivity contribution in [2.24, 2.45) is 28.6 Å². The first-order valence-electron chi connectivity index (χ1n) is 15.5. The van der Waals surface area contributed by atoms with Crippen molar-refractivity contribution in [1.82, 2.24) is 0 Å². The Hall–Kier alpha value is -3.20. The Morgan fingerprint density at radius 2 is 1.71 bits per heavy atom. The molecule has 0 amide bonds. The van der Waals surface area contributed by atoms with Gasteiger partial charge in [0.1, 0.15) is 11.9 Å². The molecule has 0 spiro atoms. The highest BCUT2D eigenvalue weighted by atomic mass is 16.7. The molecule has 1 N–H and O–H groups in total. The van der Waals surface area contributed by atoms with Crippen LogP contribution in [0.1, 0.15) is 97.0 Å². The molecular formula is C33H43NO8. The normalized spacial score (nSPS) is 36.7. The summed E-state index contributed by atoms with van der Waals surface area (Å²) in [4.78, 5) is 34.4. The minimum absolute atomic E-state index is 0.0692. The summed E-state index contributed by atoms with van der Waals surface area (Å²) in [6.45, 7) is 8.62. The van der Waals surface area contributed by atoms with E-state index in [1.54, 1.807) is 6.26 Å². The minimum Gasteiger partial charge on any atom is -0.431 e. The number of nitrogens with zero attached hydrogens (tertiary/aromatic N) is 1. The van der Waals surface area contributed by atoms with Crippen molar-refractivity contribution in [3.63, 3.8) is 0 Å². The van der Waals surface area contributed by atoms with E-state index in [-0.39, 0.29) is 45.8 Å². The molecule has 1 aromatic heterocycles. The number of nitro groups is 1. The van der Waals surface area contributed by atoms with Crippen LogP contribution >= 0.6 is 0 Å². The van der Waals surface area contributed by atoms with Gasteiger partial charge in [0.25, 0.3) is 5.69 Å². The van der Waals surface area contributed by atoms with Gasteiger partial charge in [0, 0.05) is 23.6 Å². The maximum atomic E-state index is 12.5. The molecule has 7 unspecified atom stereocenters. The highest BCUT2D eigenvalue weighted by Crippen LogP contribution is 2.70. The average molecular weight is 582 g/mol. The second-order valence-corrected chi connectivity index (χ2v) is 13.0. The Morgan fingerprint density at radius 1 is 0.976 bits per heavy atom. The van der Waals surface area contributed by atoms with E-state index in [1.165, 1.54) is 30.3 Å². The molecular weight excluding hydrogens is 538 g/mol. The average Bonchev–Trinajstić information content (AvgIpc) is 3.26. The molecule has 1 heterocycles. The number of nitro benzene ring substituents is 1. The highest BCUT2D eigenvalue weighted by molar-refractivity contribution is 5.64. The SMILES string of the molecule is CC.CC12CCC(OC(=O)Oc3ccc([N+](=O)[O-])cc3)CC1CCC1[C@@H]2CCC2(C)C(c3ccc(=O)oc3)CCC12O. The van der Waals surface area contributed by atoms with Gasteiger partial charge in [-0.05, 0) is 111 Å². The molecule has 9 nitrogen and oxygen atoms in total. The second-order valence-electron chi connectivity index (χ2n) is 13.0. The van der Waals surface area contributed by atoms with Crippen molar-refractivity contribution < 1.29 is 28.7 Å². The number of hydrogen-bond donors (Lipinski definition) is 1. The highest BCUT2D eigenvalue weighted by Gasteiger charge is 2.67. The van der Waals surface area contributed by atoms with Gasteiger partial charge in [-0.25, -0.2) is 9.59 Å². The third-order valence-corrected chi connectivity index (χ3v) is 11.4. The number of fused-ring (bicyclic) bond motifs is 5. The third-order valence-electron chi connectivity index (χ3n) is 11.4. The van der Waals surface area contributed by atoms with Crippen molar-refractivity contribution in [2.75, 3.05) is 0 Å². The van der Waals surface area contributed by atoms with Crippen LogP contribution in [0.5, 0.6) is 5.75 Å². The molecule has 6 rings (SSSR count). The van der Waals surface area contributed by atoms with Crippen LogP contribution in [0.3, 0.4) is 0 Å². The first-order valence-corrected chi connectivity index (χ1v) is 15.5. The summed E-state index contributed by atoms with van der Waals surface area (Å²) in [7, 11) is 0. The fourth-order valence-corrected chi connectivity index (χ4v) is 9.29. The summed E-state index contributed by atoms with van der Waals surface area (Å²) in [5, 5.41) is 23.2. The maximum absolute atomic E-state index is 12.5. The monoisotopic (exact) mass is 581 g/mol. The van der Waals surface area contributed by atoms with Crippen LogP contribution in [-0.2, 0) is 4.74 Å². The van der Waals surface area contributed by atoms with Crippen LogP contribution in [-0.4, -0.2) is 27.9 Å². The number of carbonyl (C=O) groups excluding carboxylic acids is 1. The minimum atomic E-state index is -0.785. The molecule has 42 heavy (non-hydrogen) atoms. The van der Waals surface area contributed by atoms with Crippen molar-refractivity contribution in [1.29, 1.82) is 0 Å². The molecule has 4 fully saturated rings. The summed E-state index contributed by atoms with van der Waals surface area (Å²) in [5.41, 5.74) is -0.367. The Morgan fingerprint density at radius 3 is 2.38 bits per heavy atom. The summed E-state index contributed by atoms with van der Waals surface area (Å²) in [5.74, 6) is 1.40. The van der Waals surface area contributed by atoms with Gasteiger partial charge in [-0.3, -0.25) is 10.1 Å². The van der Waals surface area contributed by atoms with Gasteiger partial charge >= 0.3 is 11.8 Å². The van der Waals surface area contributed by atoms with Crippen LogP contribution in [0.2, 0.25) is 0 Å². The summed E-state index contributed by atoms with van der Waals surface area (Å²) >= 11 is 0. The lowest BCUT2D eigenvalue weighted by molar-refractivity contribution is -0.384. The number of aliphatic hydroxyl groups is 1. The van der Waals surface area contributed by atoms with E-state index in [9.17, 15) is 24.8 Å². The molecule has 0 aliphatic heterocycles. The Labute approximate surface area is 246 Å². The molecule has 228 valence electrons. The van der Waals surface area contributed by atoms with Gasteiger partial charge in [0.15, 0.2) is 0 Å². The van der Waals surface area contributed by atoms with Crippen LogP contribution in [0.15, 0.2) is 51.9 Å². The molecule has 1 aromatic carbocycles. The predicted molar refractivity (Wildman–Crippen MR) is 156 cm³/mol. The van der Waals surface area contributed by atoms with Gasteiger partial charge in [-0.1, -0.05) is 27.7 Å². The third kappa shape index (κ3) is 5.03. The Bertz CT molecular complexity index is 1340. The standard InChI is InChI=1S/C31H37NO8.C2H6/c1-29-14-11-23(40-28(34)39-22-7-5-21(6-8-22)32(36)37)17-20(29)4-9-26-25(29)12-15-30(2)24(13-16-31(26,30)35)19-3-10-27(33)38-18-19;1-2/h3,5-8,10,18,20,23-26,35H,4,9,11-17H2,1-2H3;1-2H3/t20?,23?,24?,25-,26?,29?,30?,31?;/m0./s1. The second kappa shape index (κ2) is 11.5. The van der Waals surface area contributed by atoms with Crippen LogP contribution in [0, 0.1) is 38.7 Å². The zero-order valence-electron chi connectivity index (χ0n) is 25.0. The molecule has 0 radical (unpaired) electrons. The lowest BCUT2D eigenvalue weighted by Crippen LogP contribution is -2.62. The van der Waals surface area contributed by atoms with Gasteiger partial charge in [0.05, 0.1) is 16.8 Å². The molecule has 4 aliphatic rings. The molecule has 4 saturated carbocycles. The number of ether oxygens (including phenoxy) is 2. The molecule has 4 aliphatic carbocycles. The smallest absolute Gasteiger partial charge is 0.431 e. The fourth-order valence-electron chi connectivity index (χ4n) is 9.29. The zero-order valence-corrected chi connectivity index (χ0v) is 25.0. The summed E-state index contributed by atoms with van der Waals surface area (Å²) in [6, 6.07) is 8.71. The number of non-ortho nitro benzene ring substituents is 1. The largest absolute Gasteiger partial charge is 0.514 e. The molecule has 0 saturated heterocycles. The fraction of sp³-hybridized carbons (Fsp3) is 0.636.